The molecular formula is C16H32N2O. The van der Waals surface area contributed by atoms with Gasteiger partial charge >= 0.3 is 0 Å². The molecule has 1 saturated carbocycles. The Kier molecular flexibility index (Phi) is 5.27. The van der Waals surface area contributed by atoms with Crippen LogP contribution < -0.4 is 5.32 Å². The van der Waals surface area contributed by atoms with Crippen molar-refractivity contribution in [3.8, 4) is 0 Å². The molecule has 0 aromatic carbocycles. The molecule has 4 unspecified atom stereocenters. The lowest BCUT2D eigenvalue weighted by molar-refractivity contribution is 0.0988. The van der Waals surface area contributed by atoms with E-state index < -0.39 is 0 Å². The SMILES string of the molecule is CNC1(CO)CCCC1CCN1CC(C)CC(C)C1. The lowest BCUT2D eigenvalue weighted by atomic mass is 9.84. The van der Waals surface area contributed by atoms with E-state index in [0.717, 1.165) is 18.3 Å². The first-order valence-electron chi connectivity index (χ1n) is 8.11. The Hall–Kier alpha value is -0.120. The van der Waals surface area contributed by atoms with E-state index in [0.29, 0.717) is 12.5 Å². The molecule has 1 saturated heterocycles. The molecule has 19 heavy (non-hydrogen) atoms. The van der Waals surface area contributed by atoms with Gasteiger partial charge in [-0.15, -0.1) is 0 Å². The highest BCUT2D eigenvalue weighted by atomic mass is 16.3. The fourth-order valence-corrected chi connectivity index (χ4v) is 4.49. The van der Waals surface area contributed by atoms with Crippen LogP contribution in [-0.4, -0.2) is 48.8 Å². The maximum absolute atomic E-state index is 9.73. The van der Waals surface area contributed by atoms with Crippen LogP contribution in [-0.2, 0) is 0 Å². The van der Waals surface area contributed by atoms with Gasteiger partial charge in [0, 0.05) is 18.6 Å². The number of piperidine rings is 1. The highest BCUT2D eigenvalue weighted by molar-refractivity contribution is 4.98. The smallest absolute Gasteiger partial charge is 0.0615 e. The molecule has 0 aromatic rings. The minimum absolute atomic E-state index is 0.00696. The third kappa shape index (κ3) is 3.50. The van der Waals surface area contributed by atoms with Gasteiger partial charge < -0.3 is 15.3 Å². The summed E-state index contributed by atoms with van der Waals surface area (Å²) in [7, 11) is 2.01. The summed E-state index contributed by atoms with van der Waals surface area (Å²) in [4.78, 5) is 2.65. The van der Waals surface area contributed by atoms with E-state index in [1.54, 1.807) is 0 Å². The molecule has 2 N–H and O–H groups in total. The van der Waals surface area contributed by atoms with Crippen molar-refractivity contribution >= 4 is 0 Å². The summed E-state index contributed by atoms with van der Waals surface area (Å²) in [5.74, 6) is 2.34. The molecule has 0 bridgehead atoms. The monoisotopic (exact) mass is 268 g/mol. The molecule has 2 fully saturated rings. The molecule has 0 aromatic heterocycles. The average molecular weight is 268 g/mol. The van der Waals surface area contributed by atoms with E-state index in [1.165, 1.54) is 45.3 Å². The topological polar surface area (TPSA) is 35.5 Å². The van der Waals surface area contributed by atoms with Crippen LogP contribution in [0.25, 0.3) is 0 Å². The Balaban J connectivity index is 1.84. The van der Waals surface area contributed by atoms with Crippen LogP contribution in [0, 0.1) is 17.8 Å². The van der Waals surface area contributed by atoms with Crippen LogP contribution in [0.15, 0.2) is 0 Å². The predicted molar refractivity (Wildman–Crippen MR) is 80.2 cm³/mol. The quantitative estimate of drug-likeness (QED) is 0.801. The molecular weight excluding hydrogens is 236 g/mol. The summed E-state index contributed by atoms with van der Waals surface area (Å²) in [5.41, 5.74) is 0.00696. The predicted octanol–water partition coefficient (Wildman–Crippen LogP) is 2.10. The summed E-state index contributed by atoms with van der Waals surface area (Å²) in [5, 5.41) is 13.1. The molecule has 1 heterocycles. The molecule has 0 radical (unpaired) electrons. The van der Waals surface area contributed by atoms with Crippen LogP contribution in [0.1, 0.15) is 46.0 Å². The molecule has 112 valence electrons. The van der Waals surface area contributed by atoms with Gasteiger partial charge in [-0.1, -0.05) is 20.3 Å². The molecule has 3 nitrogen and oxygen atoms in total. The van der Waals surface area contributed by atoms with Gasteiger partial charge in [-0.05, 0) is 57.0 Å². The van der Waals surface area contributed by atoms with Gasteiger partial charge in [0.2, 0.25) is 0 Å². The first kappa shape index (κ1) is 15.3. The van der Waals surface area contributed by atoms with E-state index in [-0.39, 0.29) is 5.54 Å². The van der Waals surface area contributed by atoms with E-state index in [4.69, 9.17) is 0 Å². The molecule has 4 atom stereocenters. The van der Waals surface area contributed by atoms with Crippen molar-refractivity contribution in [3.63, 3.8) is 0 Å². The Morgan fingerprint density at radius 1 is 1.26 bits per heavy atom. The van der Waals surface area contributed by atoms with Gasteiger partial charge in [0.1, 0.15) is 0 Å². The van der Waals surface area contributed by atoms with Crippen molar-refractivity contribution in [2.45, 2.75) is 51.5 Å². The first-order valence-corrected chi connectivity index (χ1v) is 8.11. The molecule has 0 spiro atoms. The zero-order valence-electron chi connectivity index (χ0n) is 13.0. The highest BCUT2D eigenvalue weighted by Gasteiger charge is 2.40. The van der Waals surface area contributed by atoms with Crippen LogP contribution in [0.3, 0.4) is 0 Å². The van der Waals surface area contributed by atoms with Crippen LogP contribution in [0.2, 0.25) is 0 Å². The van der Waals surface area contributed by atoms with Gasteiger partial charge in [0.25, 0.3) is 0 Å². The van der Waals surface area contributed by atoms with Crippen LogP contribution in [0.5, 0.6) is 0 Å². The number of likely N-dealkylation sites (N-methyl/N-ethyl adjacent to an activating group) is 1. The number of hydrogen-bond donors (Lipinski definition) is 2. The zero-order valence-corrected chi connectivity index (χ0v) is 13.0. The third-order valence-corrected chi connectivity index (χ3v) is 5.48. The maximum atomic E-state index is 9.73. The second-order valence-electron chi connectivity index (χ2n) is 7.15. The van der Waals surface area contributed by atoms with Gasteiger partial charge in [-0.3, -0.25) is 0 Å². The summed E-state index contributed by atoms with van der Waals surface area (Å²) >= 11 is 0. The maximum Gasteiger partial charge on any atom is 0.0615 e. The minimum atomic E-state index is 0.00696. The van der Waals surface area contributed by atoms with Gasteiger partial charge in [0.15, 0.2) is 0 Å². The van der Waals surface area contributed by atoms with Crippen molar-refractivity contribution in [1.82, 2.24) is 10.2 Å². The summed E-state index contributed by atoms with van der Waals surface area (Å²) in [6, 6.07) is 0. The Labute approximate surface area is 118 Å². The van der Waals surface area contributed by atoms with Gasteiger partial charge in [-0.25, -0.2) is 0 Å². The Morgan fingerprint density at radius 3 is 2.53 bits per heavy atom. The van der Waals surface area contributed by atoms with Crippen molar-refractivity contribution in [1.29, 1.82) is 0 Å². The fourth-order valence-electron chi connectivity index (χ4n) is 4.49. The lowest BCUT2D eigenvalue weighted by Crippen LogP contribution is -2.50. The second kappa shape index (κ2) is 6.55. The van der Waals surface area contributed by atoms with Crippen molar-refractivity contribution < 1.29 is 5.11 Å². The van der Waals surface area contributed by atoms with E-state index in [2.05, 4.69) is 24.1 Å². The minimum Gasteiger partial charge on any atom is -0.394 e. The van der Waals surface area contributed by atoms with E-state index >= 15 is 0 Å². The number of rotatable bonds is 5. The largest absolute Gasteiger partial charge is 0.394 e. The normalized spacial score (nSPS) is 40.7. The van der Waals surface area contributed by atoms with Crippen molar-refractivity contribution in [2.75, 3.05) is 33.3 Å². The van der Waals surface area contributed by atoms with Crippen molar-refractivity contribution in [3.05, 3.63) is 0 Å². The Bertz CT molecular complexity index is 268. The number of hydrogen-bond acceptors (Lipinski definition) is 3. The van der Waals surface area contributed by atoms with Crippen molar-refractivity contribution in [2.24, 2.45) is 17.8 Å². The zero-order chi connectivity index (χ0) is 13.9. The molecule has 3 heteroatoms. The highest BCUT2D eigenvalue weighted by Crippen LogP contribution is 2.37. The number of nitrogens with one attached hydrogen (secondary N) is 1. The molecule has 1 aliphatic carbocycles. The summed E-state index contributed by atoms with van der Waals surface area (Å²) in [6.07, 6.45) is 6.30. The van der Waals surface area contributed by atoms with Crippen LogP contribution in [0.4, 0.5) is 0 Å². The summed E-state index contributed by atoms with van der Waals surface area (Å²) in [6.45, 7) is 8.79. The second-order valence-corrected chi connectivity index (χ2v) is 7.15. The summed E-state index contributed by atoms with van der Waals surface area (Å²) < 4.78 is 0. The molecule has 2 rings (SSSR count). The average Bonchev–Trinajstić information content (AvgIpc) is 2.78. The molecule has 1 aliphatic heterocycles. The first-order chi connectivity index (χ1) is 9.09. The third-order valence-electron chi connectivity index (χ3n) is 5.48. The standard InChI is InChI=1S/C16H32N2O/c1-13-9-14(2)11-18(10-13)8-6-15-5-4-7-16(15,12-19)17-3/h13-15,17,19H,4-12H2,1-3H3. The van der Waals surface area contributed by atoms with E-state index in [9.17, 15) is 5.11 Å². The number of aliphatic hydroxyl groups excluding tert-OH is 1. The molecule has 0 amide bonds. The number of nitrogens with zero attached hydrogens (tertiary/aromatic N) is 1. The van der Waals surface area contributed by atoms with E-state index in [1.807, 2.05) is 7.05 Å². The Morgan fingerprint density at radius 2 is 1.95 bits per heavy atom. The number of likely N-dealkylation sites (tertiary alicyclic amines) is 1. The number of aliphatic hydroxyl groups is 1. The van der Waals surface area contributed by atoms with Gasteiger partial charge in [-0.2, -0.15) is 0 Å². The van der Waals surface area contributed by atoms with Crippen LogP contribution >= 0.6 is 0 Å². The lowest BCUT2D eigenvalue weighted by Gasteiger charge is -2.38. The fraction of sp³-hybridized carbons (Fsp3) is 1.00. The molecule has 2 aliphatic rings. The van der Waals surface area contributed by atoms with Gasteiger partial charge in [0.05, 0.1) is 6.61 Å².